The molecule has 0 unspecified atom stereocenters. The molecule has 0 saturated carbocycles. The molecule has 2 heterocycles. The fourth-order valence-electron chi connectivity index (χ4n) is 3.28. The van der Waals surface area contributed by atoms with E-state index in [2.05, 4.69) is 20.9 Å². The van der Waals surface area contributed by atoms with Gasteiger partial charge in [-0.3, -0.25) is 14.8 Å². The van der Waals surface area contributed by atoms with Gasteiger partial charge in [0, 0.05) is 57.1 Å². The molecule has 0 amide bonds. The van der Waals surface area contributed by atoms with E-state index in [-0.39, 0.29) is 0 Å². The van der Waals surface area contributed by atoms with Crippen molar-refractivity contribution >= 4 is 0 Å². The number of ether oxygens (including phenoxy) is 3. The summed E-state index contributed by atoms with van der Waals surface area (Å²) in [6, 6.07) is 9.99. The summed E-state index contributed by atoms with van der Waals surface area (Å²) in [7, 11) is 4.98. The molecule has 26 heavy (non-hydrogen) atoms. The van der Waals surface area contributed by atoms with Gasteiger partial charge in [0.25, 0.3) is 0 Å². The summed E-state index contributed by atoms with van der Waals surface area (Å²) in [5.41, 5.74) is 2.24. The van der Waals surface area contributed by atoms with E-state index in [0.29, 0.717) is 5.75 Å². The molecule has 1 aliphatic heterocycles. The van der Waals surface area contributed by atoms with E-state index >= 15 is 0 Å². The maximum absolute atomic E-state index is 5.55. The average molecular weight is 357 g/mol. The number of benzene rings is 1. The van der Waals surface area contributed by atoms with E-state index < -0.39 is 0 Å². The molecule has 0 spiro atoms. The predicted molar refractivity (Wildman–Crippen MR) is 101 cm³/mol. The molecule has 1 fully saturated rings. The highest BCUT2D eigenvalue weighted by Gasteiger charge is 2.20. The van der Waals surface area contributed by atoms with Crippen molar-refractivity contribution in [3.8, 4) is 17.2 Å². The van der Waals surface area contributed by atoms with Crippen molar-refractivity contribution in [2.45, 2.75) is 13.1 Å². The maximum atomic E-state index is 5.55. The van der Waals surface area contributed by atoms with Crippen LogP contribution in [-0.4, -0.2) is 62.3 Å². The molecule has 1 aromatic carbocycles. The number of pyridine rings is 1. The van der Waals surface area contributed by atoms with E-state index in [1.165, 1.54) is 0 Å². The monoisotopic (exact) mass is 357 g/mol. The minimum absolute atomic E-state index is 0.688. The Morgan fingerprint density at radius 3 is 2.00 bits per heavy atom. The van der Waals surface area contributed by atoms with E-state index in [1.54, 1.807) is 21.3 Å². The quantitative estimate of drug-likeness (QED) is 0.758. The van der Waals surface area contributed by atoms with Crippen LogP contribution in [0, 0.1) is 0 Å². The lowest BCUT2D eigenvalue weighted by Crippen LogP contribution is -2.45. The number of rotatable bonds is 7. The minimum atomic E-state index is 0.688. The van der Waals surface area contributed by atoms with E-state index in [4.69, 9.17) is 14.2 Å². The summed E-state index contributed by atoms with van der Waals surface area (Å²) >= 11 is 0. The average Bonchev–Trinajstić information content (AvgIpc) is 2.70. The second-order valence-electron chi connectivity index (χ2n) is 6.39. The summed E-state index contributed by atoms with van der Waals surface area (Å²) in [6.45, 7) is 5.85. The first-order valence-electron chi connectivity index (χ1n) is 8.87. The molecule has 0 bridgehead atoms. The Labute approximate surface area is 155 Å². The molecule has 3 rings (SSSR count). The first-order chi connectivity index (χ1) is 12.7. The van der Waals surface area contributed by atoms with Crippen molar-refractivity contribution in [2.24, 2.45) is 0 Å². The van der Waals surface area contributed by atoms with Gasteiger partial charge in [0.1, 0.15) is 5.75 Å². The van der Waals surface area contributed by atoms with Gasteiger partial charge in [0.2, 0.25) is 0 Å². The van der Waals surface area contributed by atoms with Crippen molar-refractivity contribution in [2.75, 3.05) is 47.5 Å². The summed E-state index contributed by atoms with van der Waals surface area (Å²) in [4.78, 5) is 9.31. The highest BCUT2D eigenvalue weighted by atomic mass is 16.5. The van der Waals surface area contributed by atoms with Crippen molar-refractivity contribution in [1.82, 2.24) is 14.8 Å². The number of hydrogen-bond acceptors (Lipinski definition) is 6. The second-order valence-corrected chi connectivity index (χ2v) is 6.39. The fourth-order valence-corrected chi connectivity index (χ4v) is 3.28. The molecule has 0 aliphatic carbocycles. The van der Waals surface area contributed by atoms with Gasteiger partial charge in [0.05, 0.1) is 27.0 Å². The zero-order chi connectivity index (χ0) is 18.4. The summed E-state index contributed by atoms with van der Waals surface area (Å²) in [6.07, 6.45) is 1.86. The van der Waals surface area contributed by atoms with Crippen molar-refractivity contribution in [3.63, 3.8) is 0 Å². The van der Waals surface area contributed by atoms with Crippen LogP contribution < -0.4 is 14.2 Å². The first kappa shape index (κ1) is 18.5. The molecule has 0 N–H and O–H groups in total. The summed E-state index contributed by atoms with van der Waals surface area (Å²) in [5, 5.41) is 0. The Morgan fingerprint density at radius 1 is 0.808 bits per heavy atom. The van der Waals surface area contributed by atoms with Crippen LogP contribution in [0.4, 0.5) is 0 Å². The molecule has 1 aromatic heterocycles. The van der Waals surface area contributed by atoms with Crippen molar-refractivity contribution in [3.05, 3.63) is 47.8 Å². The lowest BCUT2D eigenvalue weighted by atomic mass is 10.1. The highest BCUT2D eigenvalue weighted by Crippen LogP contribution is 2.35. The van der Waals surface area contributed by atoms with Gasteiger partial charge in [-0.25, -0.2) is 0 Å². The zero-order valence-electron chi connectivity index (χ0n) is 15.8. The molecule has 0 radical (unpaired) electrons. The highest BCUT2D eigenvalue weighted by molar-refractivity contribution is 5.50. The maximum Gasteiger partial charge on any atom is 0.164 e. The standard InChI is InChI=1S/C20H27N3O3/c1-24-18-13-20(26-3)19(25-2)12-16(18)14-22-8-10-23(11-9-22)15-17-6-4-5-7-21-17/h4-7,12-13H,8-11,14-15H2,1-3H3. The first-order valence-corrected chi connectivity index (χ1v) is 8.87. The van der Waals surface area contributed by atoms with Crippen LogP contribution in [0.3, 0.4) is 0 Å². The molecule has 2 aromatic rings. The Kier molecular flexibility index (Phi) is 6.30. The van der Waals surface area contributed by atoms with Gasteiger partial charge in [-0.2, -0.15) is 0 Å². The van der Waals surface area contributed by atoms with Gasteiger partial charge in [-0.1, -0.05) is 6.07 Å². The number of methoxy groups -OCH3 is 3. The lowest BCUT2D eigenvalue weighted by molar-refractivity contribution is 0.120. The summed E-state index contributed by atoms with van der Waals surface area (Å²) < 4.78 is 16.3. The third kappa shape index (κ3) is 4.45. The largest absolute Gasteiger partial charge is 0.496 e. The van der Waals surface area contributed by atoms with Crippen LogP contribution in [-0.2, 0) is 13.1 Å². The van der Waals surface area contributed by atoms with Crippen molar-refractivity contribution in [1.29, 1.82) is 0 Å². The molecule has 140 valence electrons. The van der Waals surface area contributed by atoms with Gasteiger partial charge in [-0.05, 0) is 18.2 Å². The van der Waals surface area contributed by atoms with Crippen LogP contribution >= 0.6 is 0 Å². The molecule has 1 saturated heterocycles. The third-order valence-electron chi connectivity index (χ3n) is 4.76. The molecular weight excluding hydrogens is 330 g/mol. The Balaban J connectivity index is 1.60. The molecular formula is C20H27N3O3. The Hall–Kier alpha value is -2.31. The Morgan fingerprint density at radius 2 is 1.42 bits per heavy atom. The van der Waals surface area contributed by atoms with E-state index in [9.17, 15) is 0 Å². The smallest absolute Gasteiger partial charge is 0.164 e. The SMILES string of the molecule is COc1cc(OC)c(OC)cc1CN1CCN(Cc2ccccn2)CC1. The number of piperazine rings is 1. The third-order valence-corrected chi connectivity index (χ3v) is 4.76. The van der Waals surface area contributed by atoms with Gasteiger partial charge < -0.3 is 14.2 Å². The topological polar surface area (TPSA) is 47.1 Å². The van der Waals surface area contributed by atoms with Crippen LogP contribution in [0.25, 0.3) is 0 Å². The Bertz CT molecular complexity index is 701. The summed E-state index contributed by atoms with van der Waals surface area (Å²) in [5.74, 6) is 2.25. The van der Waals surface area contributed by atoms with Crippen LogP contribution in [0.15, 0.2) is 36.5 Å². The lowest BCUT2D eigenvalue weighted by Gasteiger charge is -2.34. The predicted octanol–water partition coefficient (Wildman–Crippen LogP) is 2.43. The normalized spacial score (nSPS) is 15.7. The molecule has 6 heteroatoms. The molecule has 1 aliphatic rings. The molecule has 0 atom stereocenters. The van der Waals surface area contributed by atoms with Crippen LogP contribution in [0.2, 0.25) is 0 Å². The fraction of sp³-hybridized carbons (Fsp3) is 0.450. The van der Waals surface area contributed by atoms with Crippen molar-refractivity contribution < 1.29 is 14.2 Å². The van der Waals surface area contributed by atoms with Gasteiger partial charge in [-0.15, -0.1) is 0 Å². The van der Waals surface area contributed by atoms with Crippen LogP contribution in [0.1, 0.15) is 11.3 Å². The number of aromatic nitrogens is 1. The number of nitrogens with zero attached hydrogens (tertiary/aromatic N) is 3. The van der Waals surface area contributed by atoms with Gasteiger partial charge >= 0.3 is 0 Å². The zero-order valence-corrected chi connectivity index (χ0v) is 15.8. The van der Waals surface area contributed by atoms with E-state index in [1.807, 2.05) is 30.5 Å². The van der Waals surface area contributed by atoms with Gasteiger partial charge in [0.15, 0.2) is 11.5 Å². The minimum Gasteiger partial charge on any atom is -0.496 e. The second kappa shape index (κ2) is 8.87. The van der Waals surface area contributed by atoms with E-state index in [0.717, 1.165) is 62.0 Å². The molecule has 6 nitrogen and oxygen atoms in total. The van der Waals surface area contributed by atoms with Crippen LogP contribution in [0.5, 0.6) is 17.2 Å². The number of hydrogen-bond donors (Lipinski definition) is 0.